The van der Waals surface area contributed by atoms with E-state index in [1.165, 1.54) is 0 Å². The molecule has 128 valence electrons. The molecule has 3 rings (SSSR count). The quantitative estimate of drug-likeness (QED) is 0.704. The van der Waals surface area contributed by atoms with Gasteiger partial charge in [0.25, 0.3) is 10.0 Å². The van der Waals surface area contributed by atoms with Crippen LogP contribution in [0.4, 0.5) is 0 Å². The molecule has 0 aliphatic heterocycles. The summed E-state index contributed by atoms with van der Waals surface area (Å²) in [6.07, 6.45) is 2.23. The van der Waals surface area contributed by atoms with Crippen LogP contribution >= 0.6 is 0 Å². The zero-order valence-electron chi connectivity index (χ0n) is 14.2. The summed E-state index contributed by atoms with van der Waals surface area (Å²) in [6.45, 7) is 3.85. The Morgan fingerprint density at radius 1 is 0.960 bits per heavy atom. The Labute approximate surface area is 148 Å². The lowest BCUT2D eigenvalue weighted by atomic mass is 10.0. The summed E-state index contributed by atoms with van der Waals surface area (Å²) >= 11 is 0. The van der Waals surface area contributed by atoms with Crippen molar-refractivity contribution in [2.45, 2.75) is 25.2 Å². The van der Waals surface area contributed by atoms with E-state index in [9.17, 15) is 8.42 Å². The minimum Gasteiger partial charge on any atom is -0.360 e. The van der Waals surface area contributed by atoms with Gasteiger partial charge in [-0.25, -0.2) is 0 Å². The molecule has 2 aromatic carbocycles. The van der Waals surface area contributed by atoms with Gasteiger partial charge in [0.15, 0.2) is 0 Å². The predicted molar refractivity (Wildman–Crippen MR) is 101 cm³/mol. The van der Waals surface area contributed by atoms with E-state index >= 15 is 0 Å². The third-order valence-corrected chi connectivity index (χ3v) is 5.34. The van der Waals surface area contributed by atoms with Gasteiger partial charge in [0.2, 0.25) is 0 Å². The van der Waals surface area contributed by atoms with Crippen LogP contribution < -0.4 is 0 Å². The monoisotopic (exact) mass is 352 g/mol. The summed E-state index contributed by atoms with van der Waals surface area (Å²) < 4.78 is 29.7. The van der Waals surface area contributed by atoms with E-state index in [0.717, 1.165) is 22.4 Å². The summed E-state index contributed by atoms with van der Waals surface area (Å²) in [5.41, 5.74) is 4.24. The van der Waals surface area contributed by atoms with Gasteiger partial charge in [0.05, 0.1) is 16.3 Å². The lowest BCUT2D eigenvalue weighted by molar-refractivity contribution is 0.598. The molecule has 3 aromatic rings. The minimum atomic E-state index is -3.77. The second-order valence-corrected chi connectivity index (χ2v) is 7.63. The van der Waals surface area contributed by atoms with Gasteiger partial charge < -0.3 is 4.98 Å². The van der Waals surface area contributed by atoms with Gasteiger partial charge in [-0.2, -0.15) is 12.8 Å². The molecule has 0 amide bonds. The Balaban J connectivity index is 2.05. The fourth-order valence-corrected chi connectivity index (χ4v) is 3.65. The van der Waals surface area contributed by atoms with Crippen LogP contribution in [-0.2, 0) is 16.4 Å². The second kappa shape index (κ2) is 7.07. The zero-order chi connectivity index (χ0) is 17.9. The van der Waals surface area contributed by atoms with Crippen molar-refractivity contribution in [1.82, 2.24) is 4.98 Å². The van der Waals surface area contributed by atoms with E-state index in [-0.39, 0.29) is 4.90 Å². The van der Waals surface area contributed by atoms with Gasteiger partial charge in [0, 0.05) is 12.6 Å². The first-order valence-electron chi connectivity index (χ1n) is 8.04. The van der Waals surface area contributed by atoms with Gasteiger partial charge >= 0.3 is 0 Å². The predicted octanol–water partition coefficient (Wildman–Crippen LogP) is 4.05. The number of nitrogens with one attached hydrogen (secondary N) is 1. The topological polar surface area (TPSA) is 62.3 Å². The fourth-order valence-electron chi connectivity index (χ4n) is 2.62. The molecular formula is C20H20N2O2S. The van der Waals surface area contributed by atoms with E-state index in [1.54, 1.807) is 30.5 Å². The SMILES string of the molecule is Cc1ccc(S(=O)(=O)/N=C(\Cc2ccccc2)c2[nH]ccc2C)cc1. The van der Waals surface area contributed by atoms with Crippen molar-refractivity contribution >= 4 is 15.7 Å². The van der Waals surface area contributed by atoms with Crippen LogP contribution in [0.2, 0.25) is 0 Å². The van der Waals surface area contributed by atoms with Crippen LogP contribution in [0.5, 0.6) is 0 Å². The number of aromatic amines is 1. The largest absolute Gasteiger partial charge is 0.360 e. The maximum atomic E-state index is 12.7. The van der Waals surface area contributed by atoms with Gasteiger partial charge in [0.1, 0.15) is 0 Å². The van der Waals surface area contributed by atoms with Crippen molar-refractivity contribution in [2.75, 3.05) is 0 Å². The molecular weight excluding hydrogens is 332 g/mol. The third kappa shape index (κ3) is 4.06. The Bertz CT molecular complexity index is 986. The standard InChI is InChI=1S/C20H20N2O2S/c1-15-8-10-18(11-9-15)25(23,24)22-19(20-16(2)12-13-21-20)14-17-6-4-3-5-7-17/h3-13,21H,14H2,1-2H3/b22-19+. The van der Waals surface area contributed by atoms with Crippen molar-refractivity contribution < 1.29 is 8.42 Å². The molecule has 5 heteroatoms. The molecule has 0 atom stereocenters. The summed E-state index contributed by atoms with van der Waals surface area (Å²) in [7, 11) is -3.77. The van der Waals surface area contributed by atoms with Gasteiger partial charge in [-0.05, 0) is 43.2 Å². The highest BCUT2D eigenvalue weighted by molar-refractivity contribution is 7.90. The summed E-state index contributed by atoms with van der Waals surface area (Å²) in [4.78, 5) is 3.32. The van der Waals surface area contributed by atoms with E-state index in [1.807, 2.05) is 50.2 Å². The number of benzene rings is 2. The van der Waals surface area contributed by atoms with Gasteiger partial charge in [-0.15, -0.1) is 0 Å². The number of sulfonamides is 1. The normalized spacial score (nSPS) is 12.3. The first-order valence-corrected chi connectivity index (χ1v) is 9.48. The van der Waals surface area contributed by atoms with Crippen LogP contribution in [0.25, 0.3) is 0 Å². The van der Waals surface area contributed by atoms with Crippen LogP contribution in [0.15, 0.2) is 76.2 Å². The van der Waals surface area contributed by atoms with Crippen LogP contribution in [0.3, 0.4) is 0 Å². The molecule has 0 saturated heterocycles. The molecule has 0 saturated carbocycles. The number of H-pyrrole nitrogens is 1. The molecule has 1 heterocycles. The van der Waals surface area contributed by atoms with Crippen LogP contribution in [-0.4, -0.2) is 19.1 Å². The molecule has 0 bridgehead atoms. The number of hydrogen-bond donors (Lipinski definition) is 1. The highest BCUT2D eigenvalue weighted by atomic mass is 32.2. The van der Waals surface area contributed by atoms with Crippen molar-refractivity contribution in [2.24, 2.45) is 4.40 Å². The summed E-state index contributed by atoms with van der Waals surface area (Å²) in [5, 5.41) is 0. The van der Waals surface area contributed by atoms with Crippen molar-refractivity contribution in [3.63, 3.8) is 0 Å². The molecule has 0 aliphatic carbocycles. The van der Waals surface area contributed by atoms with Crippen LogP contribution in [0.1, 0.15) is 22.4 Å². The van der Waals surface area contributed by atoms with Gasteiger partial charge in [-0.3, -0.25) is 0 Å². The molecule has 0 spiro atoms. The van der Waals surface area contributed by atoms with E-state index < -0.39 is 10.0 Å². The number of rotatable bonds is 5. The Kier molecular flexibility index (Phi) is 4.86. The minimum absolute atomic E-state index is 0.202. The number of hydrogen-bond acceptors (Lipinski definition) is 2. The maximum Gasteiger partial charge on any atom is 0.282 e. The Morgan fingerprint density at radius 2 is 1.64 bits per heavy atom. The number of aryl methyl sites for hydroxylation is 2. The van der Waals surface area contributed by atoms with Crippen molar-refractivity contribution in [3.05, 3.63) is 89.2 Å². The fraction of sp³-hybridized carbons (Fsp3) is 0.150. The Morgan fingerprint density at radius 3 is 2.24 bits per heavy atom. The first kappa shape index (κ1) is 17.2. The Hall–Kier alpha value is -2.66. The first-order chi connectivity index (χ1) is 12.0. The average molecular weight is 352 g/mol. The maximum absolute atomic E-state index is 12.7. The number of nitrogens with zero attached hydrogens (tertiary/aromatic N) is 1. The molecule has 1 aromatic heterocycles. The molecule has 0 unspecified atom stereocenters. The molecule has 0 fully saturated rings. The average Bonchev–Trinajstić information content (AvgIpc) is 3.01. The summed E-state index contributed by atoms with van der Waals surface area (Å²) in [5.74, 6) is 0. The smallest absolute Gasteiger partial charge is 0.282 e. The number of aromatic nitrogens is 1. The highest BCUT2D eigenvalue weighted by Gasteiger charge is 2.17. The zero-order valence-corrected chi connectivity index (χ0v) is 15.0. The molecule has 4 nitrogen and oxygen atoms in total. The summed E-state index contributed by atoms with van der Waals surface area (Å²) in [6, 6.07) is 18.4. The van der Waals surface area contributed by atoms with Crippen molar-refractivity contribution in [3.8, 4) is 0 Å². The lowest BCUT2D eigenvalue weighted by Gasteiger charge is -2.08. The third-order valence-electron chi connectivity index (χ3n) is 4.01. The molecule has 0 aliphatic rings. The molecule has 1 N–H and O–H groups in total. The molecule has 25 heavy (non-hydrogen) atoms. The van der Waals surface area contributed by atoms with Gasteiger partial charge in [-0.1, -0.05) is 48.0 Å². The van der Waals surface area contributed by atoms with E-state index in [4.69, 9.17) is 0 Å². The van der Waals surface area contributed by atoms with E-state index in [2.05, 4.69) is 9.38 Å². The molecule has 0 radical (unpaired) electrons. The van der Waals surface area contributed by atoms with Crippen molar-refractivity contribution in [1.29, 1.82) is 0 Å². The highest BCUT2D eigenvalue weighted by Crippen LogP contribution is 2.18. The second-order valence-electron chi connectivity index (χ2n) is 6.02. The lowest BCUT2D eigenvalue weighted by Crippen LogP contribution is -2.11. The van der Waals surface area contributed by atoms with Crippen LogP contribution in [0, 0.1) is 13.8 Å². The van der Waals surface area contributed by atoms with E-state index in [0.29, 0.717) is 12.1 Å².